The van der Waals surface area contributed by atoms with Crippen LogP contribution in [0.4, 0.5) is 0 Å². The Balaban J connectivity index is 2.48. The number of benzene rings is 1. The molecule has 0 bridgehead atoms. The maximum Gasteiger partial charge on any atom is 0.122 e. The van der Waals surface area contributed by atoms with Gasteiger partial charge in [-0.25, -0.2) is 0 Å². The van der Waals surface area contributed by atoms with Crippen molar-refractivity contribution in [1.29, 1.82) is 0 Å². The van der Waals surface area contributed by atoms with E-state index in [2.05, 4.69) is 73.0 Å². The Morgan fingerprint density at radius 1 is 0.667 bits per heavy atom. The third-order valence-corrected chi connectivity index (χ3v) is 9.36. The van der Waals surface area contributed by atoms with Crippen molar-refractivity contribution in [3.05, 3.63) is 35.4 Å². The Bertz CT molecular complexity index is 648. The molecule has 2 atom stereocenters. The third kappa shape index (κ3) is 12.1. The van der Waals surface area contributed by atoms with Gasteiger partial charge in [-0.15, -0.1) is 0 Å². The molecule has 2 unspecified atom stereocenters. The number of hydrogen-bond acceptors (Lipinski definition) is 0. The Kier molecular flexibility index (Phi) is 17.8. The van der Waals surface area contributed by atoms with Crippen LogP contribution in [0.1, 0.15) is 161 Å². The number of hydrogen-bond donors (Lipinski definition) is 0. The summed E-state index contributed by atoms with van der Waals surface area (Å²) in [6, 6.07) is 9.22. The Labute approximate surface area is 228 Å². The summed E-state index contributed by atoms with van der Waals surface area (Å²) in [7, 11) is 5.03. The van der Waals surface area contributed by atoms with Crippen LogP contribution in [0.25, 0.3) is 0 Å². The van der Waals surface area contributed by atoms with Crippen molar-refractivity contribution in [1.82, 2.24) is 0 Å². The van der Waals surface area contributed by atoms with E-state index in [1.54, 1.807) is 5.56 Å². The molecule has 0 saturated carbocycles. The van der Waals surface area contributed by atoms with Crippen molar-refractivity contribution < 1.29 is 4.48 Å². The van der Waals surface area contributed by atoms with Crippen molar-refractivity contribution in [3.8, 4) is 0 Å². The zero-order valence-electron chi connectivity index (χ0n) is 26.0. The minimum atomic E-state index is 0.177. The Hall–Kier alpha value is -0.820. The summed E-state index contributed by atoms with van der Waals surface area (Å²) in [6.45, 7) is 13.2. The first-order valence-electron chi connectivity index (χ1n) is 16.2. The van der Waals surface area contributed by atoms with Crippen LogP contribution in [-0.4, -0.2) is 25.1 Å². The van der Waals surface area contributed by atoms with E-state index in [0.29, 0.717) is 0 Å². The van der Waals surface area contributed by atoms with Crippen molar-refractivity contribution >= 4 is 0 Å². The first-order chi connectivity index (χ1) is 17.3. The van der Waals surface area contributed by atoms with E-state index in [1.807, 2.05) is 0 Å². The molecule has 0 heterocycles. The lowest BCUT2D eigenvalue weighted by molar-refractivity contribution is -0.949. The molecular formula is C35H66N+. The molecule has 0 N–H and O–H groups in total. The van der Waals surface area contributed by atoms with Crippen LogP contribution in [-0.2, 0) is 5.54 Å². The summed E-state index contributed by atoms with van der Waals surface area (Å²) >= 11 is 0. The van der Waals surface area contributed by atoms with Crippen LogP contribution >= 0.6 is 0 Å². The summed E-state index contributed by atoms with van der Waals surface area (Å²) in [5.41, 5.74) is 3.23. The predicted molar refractivity (Wildman–Crippen MR) is 164 cm³/mol. The second-order valence-corrected chi connectivity index (χ2v) is 12.7. The molecular weight excluding hydrogens is 434 g/mol. The molecule has 0 aliphatic carbocycles. The van der Waals surface area contributed by atoms with E-state index in [-0.39, 0.29) is 5.54 Å². The molecule has 1 aromatic carbocycles. The van der Waals surface area contributed by atoms with E-state index in [9.17, 15) is 0 Å². The fourth-order valence-electron chi connectivity index (χ4n) is 6.31. The maximum absolute atomic E-state index is 2.58. The first kappa shape index (κ1) is 33.2. The van der Waals surface area contributed by atoms with E-state index in [0.717, 1.165) is 10.4 Å². The zero-order chi connectivity index (χ0) is 26.7. The van der Waals surface area contributed by atoms with Crippen LogP contribution in [0, 0.1) is 12.8 Å². The SMILES string of the molecule is CCCCCCCCCCCCCCCC[N+](C)(C)C(C)(CC(CC)CCCC)c1ccccc1C. The summed E-state index contributed by atoms with van der Waals surface area (Å²) in [6.07, 6.45) is 26.8. The molecule has 0 amide bonds. The molecule has 210 valence electrons. The average molecular weight is 501 g/mol. The molecule has 1 heteroatoms. The minimum absolute atomic E-state index is 0.177. The van der Waals surface area contributed by atoms with E-state index in [1.165, 1.54) is 134 Å². The van der Waals surface area contributed by atoms with Gasteiger partial charge in [0.05, 0.1) is 20.6 Å². The second-order valence-electron chi connectivity index (χ2n) is 12.7. The normalized spacial score (nSPS) is 14.6. The van der Waals surface area contributed by atoms with Gasteiger partial charge in [-0.1, -0.05) is 148 Å². The molecule has 1 nitrogen and oxygen atoms in total. The summed E-state index contributed by atoms with van der Waals surface area (Å²) in [5.74, 6) is 0.822. The number of rotatable bonds is 23. The van der Waals surface area contributed by atoms with E-state index >= 15 is 0 Å². The van der Waals surface area contributed by atoms with Gasteiger partial charge in [0.25, 0.3) is 0 Å². The molecule has 0 fully saturated rings. The predicted octanol–water partition coefficient (Wildman–Crippen LogP) is 11.4. The van der Waals surface area contributed by atoms with Gasteiger partial charge in [-0.05, 0) is 38.2 Å². The molecule has 0 saturated heterocycles. The van der Waals surface area contributed by atoms with Crippen LogP contribution in [0.2, 0.25) is 0 Å². The summed E-state index contributed by atoms with van der Waals surface area (Å²) in [4.78, 5) is 0. The molecule has 0 radical (unpaired) electrons. The lowest BCUT2D eigenvalue weighted by atomic mass is 9.76. The minimum Gasteiger partial charge on any atom is -0.320 e. The molecule has 0 aliphatic rings. The highest BCUT2D eigenvalue weighted by molar-refractivity contribution is 5.31. The highest BCUT2D eigenvalue weighted by Crippen LogP contribution is 2.42. The third-order valence-electron chi connectivity index (χ3n) is 9.36. The molecule has 1 rings (SSSR count). The second kappa shape index (κ2) is 19.3. The summed E-state index contributed by atoms with van der Waals surface area (Å²) in [5, 5.41) is 0. The number of aryl methyl sites for hydroxylation is 1. The van der Waals surface area contributed by atoms with Gasteiger partial charge >= 0.3 is 0 Å². The standard InChI is InChI=1S/C35H66N/c1-8-11-13-14-15-16-17-18-19-20-21-22-23-26-30-36(6,7)35(5,31-33(10-3)28-12-9-2)34-29-25-24-27-32(34)4/h24-25,27,29,33H,8-23,26,28,30-31H2,1-7H3/q+1. The number of unbranched alkanes of at least 4 members (excludes halogenated alkanes) is 14. The van der Waals surface area contributed by atoms with Gasteiger partial charge in [-0.2, -0.15) is 0 Å². The smallest absolute Gasteiger partial charge is 0.122 e. The summed E-state index contributed by atoms with van der Waals surface area (Å²) < 4.78 is 1.11. The zero-order valence-corrected chi connectivity index (χ0v) is 26.0. The van der Waals surface area contributed by atoms with Gasteiger partial charge in [0, 0.05) is 12.0 Å². The average Bonchev–Trinajstić information content (AvgIpc) is 2.86. The fraction of sp³-hybridized carbons (Fsp3) is 0.829. The highest BCUT2D eigenvalue weighted by atomic mass is 15.4. The Morgan fingerprint density at radius 3 is 1.61 bits per heavy atom. The van der Waals surface area contributed by atoms with Crippen LogP contribution in [0.3, 0.4) is 0 Å². The van der Waals surface area contributed by atoms with E-state index in [4.69, 9.17) is 0 Å². The lowest BCUT2D eigenvalue weighted by Gasteiger charge is -2.49. The first-order valence-corrected chi connectivity index (χ1v) is 16.2. The van der Waals surface area contributed by atoms with Crippen LogP contribution in [0.15, 0.2) is 24.3 Å². The van der Waals surface area contributed by atoms with E-state index < -0.39 is 0 Å². The molecule has 1 aromatic rings. The highest BCUT2D eigenvalue weighted by Gasteiger charge is 2.44. The molecule has 36 heavy (non-hydrogen) atoms. The van der Waals surface area contributed by atoms with Crippen molar-refractivity contribution in [2.45, 2.75) is 162 Å². The van der Waals surface area contributed by atoms with Crippen molar-refractivity contribution in [2.24, 2.45) is 5.92 Å². The topological polar surface area (TPSA) is 0 Å². The molecule has 0 aromatic heterocycles. The largest absolute Gasteiger partial charge is 0.320 e. The van der Waals surface area contributed by atoms with Gasteiger partial charge in [0.15, 0.2) is 0 Å². The van der Waals surface area contributed by atoms with Crippen molar-refractivity contribution in [2.75, 3.05) is 20.6 Å². The van der Waals surface area contributed by atoms with Gasteiger partial charge in [-0.3, -0.25) is 0 Å². The van der Waals surface area contributed by atoms with Crippen LogP contribution in [0.5, 0.6) is 0 Å². The van der Waals surface area contributed by atoms with Crippen molar-refractivity contribution in [3.63, 3.8) is 0 Å². The Morgan fingerprint density at radius 2 is 1.14 bits per heavy atom. The quantitative estimate of drug-likeness (QED) is 0.103. The fourth-order valence-corrected chi connectivity index (χ4v) is 6.31. The van der Waals surface area contributed by atoms with Gasteiger partial charge in [0.1, 0.15) is 5.54 Å². The number of nitrogens with zero attached hydrogens (tertiary/aromatic N) is 1. The molecule has 0 aliphatic heterocycles. The van der Waals surface area contributed by atoms with Crippen LogP contribution < -0.4 is 0 Å². The van der Waals surface area contributed by atoms with Gasteiger partial charge < -0.3 is 4.48 Å². The lowest BCUT2D eigenvalue weighted by Crippen LogP contribution is -2.57. The van der Waals surface area contributed by atoms with Gasteiger partial charge in [0.2, 0.25) is 0 Å². The maximum atomic E-state index is 2.58. The molecule has 0 spiro atoms. The monoisotopic (exact) mass is 501 g/mol. The number of quaternary nitrogens is 1.